The van der Waals surface area contributed by atoms with Gasteiger partial charge >= 0.3 is 0 Å². The van der Waals surface area contributed by atoms with Crippen molar-refractivity contribution >= 4 is 11.6 Å². The standard InChI is InChI=1S/C13H18N6O/c1-3-9(2)11(14)13(20)18-10-5-4-6-16-12(10)19-8-15-7-17-19/h4-9,11H,3,14H2,1-2H3,(H,18,20). The summed E-state index contributed by atoms with van der Waals surface area (Å²) in [6.45, 7) is 3.95. The Bertz CT molecular complexity index is 568. The summed E-state index contributed by atoms with van der Waals surface area (Å²) in [6.07, 6.45) is 5.40. The maximum Gasteiger partial charge on any atom is 0.241 e. The Labute approximate surface area is 117 Å². The van der Waals surface area contributed by atoms with Crippen LogP contribution in [-0.2, 0) is 4.79 Å². The minimum Gasteiger partial charge on any atom is -0.322 e. The maximum atomic E-state index is 12.1. The summed E-state index contributed by atoms with van der Waals surface area (Å²) in [5.41, 5.74) is 6.48. The van der Waals surface area contributed by atoms with Gasteiger partial charge in [0.05, 0.1) is 11.7 Å². The predicted molar refractivity (Wildman–Crippen MR) is 75.2 cm³/mol. The first-order chi connectivity index (χ1) is 9.63. The van der Waals surface area contributed by atoms with Crippen LogP contribution in [-0.4, -0.2) is 31.7 Å². The number of rotatable bonds is 5. The fourth-order valence-corrected chi connectivity index (χ4v) is 1.72. The van der Waals surface area contributed by atoms with E-state index in [2.05, 4.69) is 20.4 Å². The van der Waals surface area contributed by atoms with Crippen molar-refractivity contribution in [2.24, 2.45) is 11.7 Å². The Balaban J connectivity index is 2.20. The summed E-state index contributed by atoms with van der Waals surface area (Å²) in [5.74, 6) is 0.393. The van der Waals surface area contributed by atoms with Crippen LogP contribution in [0.3, 0.4) is 0 Å². The van der Waals surface area contributed by atoms with Crippen LogP contribution < -0.4 is 11.1 Å². The molecule has 3 N–H and O–H groups in total. The fourth-order valence-electron chi connectivity index (χ4n) is 1.72. The lowest BCUT2D eigenvalue weighted by molar-refractivity contribution is -0.118. The zero-order valence-corrected chi connectivity index (χ0v) is 11.5. The molecule has 0 bridgehead atoms. The van der Waals surface area contributed by atoms with Crippen molar-refractivity contribution in [2.45, 2.75) is 26.3 Å². The van der Waals surface area contributed by atoms with Crippen LogP contribution in [0.5, 0.6) is 0 Å². The molecule has 106 valence electrons. The Morgan fingerprint density at radius 2 is 2.35 bits per heavy atom. The van der Waals surface area contributed by atoms with Gasteiger partial charge in [0.2, 0.25) is 5.91 Å². The number of nitrogens with two attached hydrogens (primary N) is 1. The van der Waals surface area contributed by atoms with Crippen molar-refractivity contribution in [1.29, 1.82) is 0 Å². The lowest BCUT2D eigenvalue weighted by atomic mass is 9.99. The van der Waals surface area contributed by atoms with Gasteiger partial charge in [0, 0.05) is 6.20 Å². The van der Waals surface area contributed by atoms with E-state index in [0.29, 0.717) is 11.5 Å². The van der Waals surface area contributed by atoms with Gasteiger partial charge in [0.15, 0.2) is 5.82 Å². The minimum absolute atomic E-state index is 0.112. The van der Waals surface area contributed by atoms with Gasteiger partial charge in [-0.05, 0) is 18.1 Å². The van der Waals surface area contributed by atoms with Crippen LogP contribution in [0.15, 0.2) is 31.0 Å². The highest BCUT2D eigenvalue weighted by molar-refractivity contribution is 5.96. The fraction of sp³-hybridized carbons (Fsp3) is 0.385. The molecule has 2 heterocycles. The van der Waals surface area contributed by atoms with Crippen LogP contribution in [0.1, 0.15) is 20.3 Å². The number of carbonyl (C=O) groups is 1. The molecule has 7 nitrogen and oxygen atoms in total. The zero-order chi connectivity index (χ0) is 14.5. The van der Waals surface area contributed by atoms with Crippen molar-refractivity contribution in [3.05, 3.63) is 31.0 Å². The molecule has 2 unspecified atom stereocenters. The largest absolute Gasteiger partial charge is 0.322 e. The molecular formula is C13H18N6O. The van der Waals surface area contributed by atoms with Crippen molar-refractivity contribution in [1.82, 2.24) is 19.7 Å². The molecule has 0 aliphatic heterocycles. The van der Waals surface area contributed by atoms with E-state index in [-0.39, 0.29) is 11.8 Å². The van der Waals surface area contributed by atoms with Crippen LogP contribution in [0, 0.1) is 5.92 Å². The van der Waals surface area contributed by atoms with E-state index >= 15 is 0 Å². The Hall–Kier alpha value is -2.28. The van der Waals surface area contributed by atoms with Crippen LogP contribution in [0.4, 0.5) is 5.69 Å². The van der Waals surface area contributed by atoms with Crippen LogP contribution in [0.2, 0.25) is 0 Å². The second kappa shape index (κ2) is 6.25. The first kappa shape index (κ1) is 14.1. The lowest BCUT2D eigenvalue weighted by Gasteiger charge is -2.18. The summed E-state index contributed by atoms with van der Waals surface area (Å²) < 4.78 is 1.49. The molecule has 0 aliphatic rings. The summed E-state index contributed by atoms with van der Waals surface area (Å²) in [7, 11) is 0. The van der Waals surface area contributed by atoms with Gasteiger partial charge in [0.1, 0.15) is 12.7 Å². The molecule has 0 radical (unpaired) electrons. The van der Waals surface area contributed by atoms with E-state index in [9.17, 15) is 4.79 Å². The van der Waals surface area contributed by atoms with Gasteiger partial charge in [-0.1, -0.05) is 20.3 Å². The van der Waals surface area contributed by atoms with Gasteiger partial charge in [-0.15, -0.1) is 0 Å². The molecule has 2 rings (SSSR count). The molecule has 7 heteroatoms. The highest BCUT2D eigenvalue weighted by Gasteiger charge is 2.20. The SMILES string of the molecule is CCC(C)C(N)C(=O)Nc1cccnc1-n1cncn1. The average Bonchev–Trinajstić information content (AvgIpc) is 3.00. The molecular weight excluding hydrogens is 256 g/mol. The number of amides is 1. The third-order valence-corrected chi connectivity index (χ3v) is 3.24. The van der Waals surface area contributed by atoms with E-state index in [4.69, 9.17) is 5.73 Å². The number of pyridine rings is 1. The zero-order valence-electron chi connectivity index (χ0n) is 11.5. The molecule has 2 atom stereocenters. The van der Waals surface area contributed by atoms with E-state index in [0.717, 1.165) is 6.42 Å². The van der Waals surface area contributed by atoms with Crippen molar-refractivity contribution < 1.29 is 4.79 Å². The molecule has 2 aromatic rings. The number of nitrogens with one attached hydrogen (secondary N) is 1. The number of aromatic nitrogens is 4. The monoisotopic (exact) mass is 274 g/mol. The van der Waals surface area contributed by atoms with Crippen molar-refractivity contribution in [3.8, 4) is 5.82 Å². The van der Waals surface area contributed by atoms with E-state index < -0.39 is 6.04 Å². The summed E-state index contributed by atoms with van der Waals surface area (Å²) >= 11 is 0. The second-order valence-electron chi connectivity index (χ2n) is 4.62. The Morgan fingerprint density at radius 3 is 3.00 bits per heavy atom. The molecule has 0 fully saturated rings. The predicted octanol–water partition coefficient (Wildman–Crippen LogP) is 0.974. The van der Waals surface area contributed by atoms with Crippen LogP contribution >= 0.6 is 0 Å². The van der Waals surface area contributed by atoms with Crippen molar-refractivity contribution in [2.75, 3.05) is 5.32 Å². The third-order valence-electron chi connectivity index (χ3n) is 3.24. The highest BCUT2D eigenvalue weighted by atomic mass is 16.2. The van der Waals surface area contributed by atoms with Gasteiger partial charge in [-0.2, -0.15) is 5.10 Å². The molecule has 0 saturated carbocycles. The van der Waals surface area contributed by atoms with Gasteiger partial charge in [0.25, 0.3) is 0 Å². The van der Waals surface area contributed by atoms with Gasteiger partial charge < -0.3 is 11.1 Å². The second-order valence-corrected chi connectivity index (χ2v) is 4.62. The molecule has 20 heavy (non-hydrogen) atoms. The van der Waals surface area contributed by atoms with Gasteiger partial charge in [-0.25, -0.2) is 14.6 Å². The Morgan fingerprint density at radius 1 is 1.55 bits per heavy atom. The smallest absolute Gasteiger partial charge is 0.241 e. The molecule has 2 aromatic heterocycles. The summed E-state index contributed by atoms with van der Waals surface area (Å²) in [4.78, 5) is 20.2. The maximum absolute atomic E-state index is 12.1. The number of hydrogen-bond donors (Lipinski definition) is 2. The van der Waals surface area contributed by atoms with Crippen molar-refractivity contribution in [3.63, 3.8) is 0 Å². The first-order valence-electron chi connectivity index (χ1n) is 6.50. The molecule has 1 amide bonds. The van der Waals surface area contributed by atoms with Gasteiger partial charge in [-0.3, -0.25) is 4.79 Å². The number of nitrogens with zero attached hydrogens (tertiary/aromatic N) is 4. The Kier molecular flexibility index (Phi) is 4.41. The highest BCUT2D eigenvalue weighted by Crippen LogP contribution is 2.17. The number of hydrogen-bond acceptors (Lipinski definition) is 5. The molecule has 0 aromatic carbocycles. The van der Waals surface area contributed by atoms with E-state index in [1.807, 2.05) is 13.8 Å². The number of anilines is 1. The normalized spacial score (nSPS) is 13.8. The molecule has 0 saturated heterocycles. The van der Waals surface area contributed by atoms with E-state index in [1.54, 1.807) is 18.3 Å². The topological polar surface area (TPSA) is 98.7 Å². The number of carbonyl (C=O) groups excluding carboxylic acids is 1. The summed E-state index contributed by atoms with van der Waals surface area (Å²) in [6, 6.07) is 2.94. The molecule has 0 aliphatic carbocycles. The average molecular weight is 274 g/mol. The van der Waals surface area contributed by atoms with Crippen LogP contribution in [0.25, 0.3) is 5.82 Å². The minimum atomic E-state index is -0.552. The molecule has 0 spiro atoms. The summed E-state index contributed by atoms with van der Waals surface area (Å²) in [5, 5.41) is 6.81. The van der Waals surface area contributed by atoms with E-state index in [1.165, 1.54) is 17.3 Å². The first-order valence-corrected chi connectivity index (χ1v) is 6.50. The third kappa shape index (κ3) is 3.00. The lowest BCUT2D eigenvalue weighted by Crippen LogP contribution is -2.40. The quantitative estimate of drug-likeness (QED) is 0.846.